The van der Waals surface area contributed by atoms with Gasteiger partial charge in [0.25, 0.3) is 5.89 Å². The summed E-state index contributed by atoms with van der Waals surface area (Å²) in [5, 5.41) is 4.17. The first-order valence-electron chi connectivity index (χ1n) is 9.23. The fraction of sp³-hybridized carbons (Fsp3) is 0.450. The molecule has 1 aliphatic heterocycles. The second kappa shape index (κ2) is 7.62. The SMILES string of the molecule is COC1(c2nc(Cc3ccccc3)no2)CCN(Cc2cnc(C)o2)CC1. The largest absolute Gasteiger partial charge is 0.445 e. The number of nitrogens with zero attached hydrogens (tertiary/aromatic N) is 4. The minimum atomic E-state index is -0.518. The zero-order valence-corrected chi connectivity index (χ0v) is 15.7. The molecule has 27 heavy (non-hydrogen) atoms. The molecule has 7 heteroatoms. The molecule has 142 valence electrons. The molecule has 3 heterocycles. The minimum absolute atomic E-state index is 0.518. The maximum atomic E-state index is 5.87. The van der Waals surface area contributed by atoms with Crippen LogP contribution >= 0.6 is 0 Å². The molecule has 1 aliphatic rings. The average molecular weight is 368 g/mol. The Balaban J connectivity index is 1.41. The minimum Gasteiger partial charge on any atom is -0.445 e. The van der Waals surface area contributed by atoms with Crippen LogP contribution in [0.15, 0.2) is 45.5 Å². The van der Waals surface area contributed by atoms with E-state index in [9.17, 15) is 0 Å². The quantitative estimate of drug-likeness (QED) is 0.661. The molecular weight excluding hydrogens is 344 g/mol. The van der Waals surface area contributed by atoms with Gasteiger partial charge >= 0.3 is 0 Å². The fourth-order valence-corrected chi connectivity index (χ4v) is 3.57. The molecule has 0 aliphatic carbocycles. The molecule has 0 radical (unpaired) electrons. The Kier molecular flexibility index (Phi) is 5.05. The number of piperidine rings is 1. The van der Waals surface area contributed by atoms with Gasteiger partial charge < -0.3 is 13.7 Å². The van der Waals surface area contributed by atoms with Crippen molar-refractivity contribution < 1.29 is 13.7 Å². The summed E-state index contributed by atoms with van der Waals surface area (Å²) in [7, 11) is 1.72. The van der Waals surface area contributed by atoms with Gasteiger partial charge in [-0.15, -0.1) is 0 Å². The molecule has 1 saturated heterocycles. The first-order chi connectivity index (χ1) is 13.2. The number of rotatable bonds is 6. The summed E-state index contributed by atoms with van der Waals surface area (Å²) >= 11 is 0. The maximum Gasteiger partial charge on any atom is 0.258 e. The van der Waals surface area contributed by atoms with Gasteiger partial charge in [0, 0.05) is 33.5 Å². The standard InChI is InChI=1S/C20H24N4O3/c1-15-21-13-17(26-15)14-24-10-8-20(25-2,9-11-24)19-22-18(23-27-19)12-16-6-4-3-5-7-16/h3-7,13H,8-12,14H2,1-2H3. The van der Waals surface area contributed by atoms with Gasteiger partial charge in [0.1, 0.15) is 11.4 Å². The van der Waals surface area contributed by atoms with E-state index in [0.717, 1.165) is 43.8 Å². The number of methoxy groups -OCH3 is 1. The van der Waals surface area contributed by atoms with Gasteiger partial charge in [-0.3, -0.25) is 4.90 Å². The van der Waals surface area contributed by atoms with Crippen LogP contribution in [0.5, 0.6) is 0 Å². The van der Waals surface area contributed by atoms with E-state index in [1.165, 1.54) is 0 Å². The van der Waals surface area contributed by atoms with Crippen LogP contribution in [0.25, 0.3) is 0 Å². The van der Waals surface area contributed by atoms with Gasteiger partial charge in [-0.05, 0) is 18.4 Å². The third kappa shape index (κ3) is 3.94. The number of aromatic nitrogens is 3. The van der Waals surface area contributed by atoms with Crippen LogP contribution in [0.4, 0.5) is 0 Å². The Morgan fingerprint density at radius 2 is 1.96 bits per heavy atom. The van der Waals surface area contributed by atoms with Crippen LogP contribution < -0.4 is 0 Å². The molecule has 0 bridgehead atoms. The zero-order chi connectivity index (χ0) is 18.7. The Morgan fingerprint density at radius 1 is 1.19 bits per heavy atom. The average Bonchev–Trinajstić information content (AvgIpc) is 3.33. The maximum absolute atomic E-state index is 5.87. The summed E-state index contributed by atoms with van der Waals surface area (Å²) in [6, 6.07) is 10.1. The topological polar surface area (TPSA) is 77.4 Å². The van der Waals surface area contributed by atoms with Crippen molar-refractivity contribution in [3.8, 4) is 0 Å². The summed E-state index contributed by atoms with van der Waals surface area (Å²) in [5.41, 5.74) is 0.643. The number of hydrogen-bond acceptors (Lipinski definition) is 7. The smallest absolute Gasteiger partial charge is 0.258 e. The van der Waals surface area contributed by atoms with Crippen molar-refractivity contribution in [2.45, 2.75) is 38.3 Å². The molecule has 0 unspecified atom stereocenters. The normalized spacial score (nSPS) is 17.3. The molecule has 0 spiro atoms. The Labute approximate surface area is 158 Å². The second-order valence-electron chi connectivity index (χ2n) is 7.00. The van der Waals surface area contributed by atoms with E-state index in [-0.39, 0.29) is 0 Å². The van der Waals surface area contributed by atoms with Crippen molar-refractivity contribution in [2.24, 2.45) is 0 Å². The number of oxazole rings is 1. The van der Waals surface area contributed by atoms with Crippen LogP contribution in [0.3, 0.4) is 0 Å². The summed E-state index contributed by atoms with van der Waals surface area (Å²) in [4.78, 5) is 11.1. The molecule has 0 N–H and O–H groups in total. The zero-order valence-electron chi connectivity index (χ0n) is 15.7. The summed E-state index contributed by atoms with van der Waals surface area (Å²) < 4.78 is 17.1. The third-order valence-corrected chi connectivity index (χ3v) is 5.17. The van der Waals surface area contributed by atoms with Crippen molar-refractivity contribution in [2.75, 3.05) is 20.2 Å². The number of hydrogen-bond donors (Lipinski definition) is 0. The molecule has 1 aromatic carbocycles. The van der Waals surface area contributed by atoms with E-state index in [1.54, 1.807) is 13.3 Å². The molecule has 4 rings (SSSR count). The molecule has 0 amide bonds. The van der Waals surface area contributed by atoms with Crippen LogP contribution in [0, 0.1) is 6.92 Å². The molecule has 2 aromatic heterocycles. The van der Waals surface area contributed by atoms with Crippen molar-refractivity contribution in [3.63, 3.8) is 0 Å². The lowest BCUT2D eigenvalue weighted by Gasteiger charge is -2.37. The predicted molar refractivity (Wildman–Crippen MR) is 98.0 cm³/mol. The summed E-state index contributed by atoms with van der Waals surface area (Å²) in [6.45, 7) is 4.34. The lowest BCUT2D eigenvalue weighted by molar-refractivity contribution is -0.0844. The Bertz CT molecular complexity index is 866. The Hall–Kier alpha value is -2.51. The molecule has 7 nitrogen and oxygen atoms in total. The first-order valence-corrected chi connectivity index (χ1v) is 9.23. The van der Waals surface area contributed by atoms with E-state index in [2.05, 4.69) is 32.2 Å². The monoisotopic (exact) mass is 368 g/mol. The van der Waals surface area contributed by atoms with Crippen LogP contribution in [-0.4, -0.2) is 40.2 Å². The number of ether oxygens (including phenoxy) is 1. The number of aryl methyl sites for hydroxylation is 1. The van der Waals surface area contributed by atoms with E-state index in [1.807, 2.05) is 25.1 Å². The first kappa shape index (κ1) is 17.9. The highest BCUT2D eigenvalue weighted by molar-refractivity contribution is 5.18. The number of likely N-dealkylation sites (tertiary alicyclic amines) is 1. The van der Waals surface area contributed by atoms with Crippen LogP contribution in [-0.2, 0) is 23.3 Å². The van der Waals surface area contributed by atoms with Gasteiger partial charge in [0.05, 0.1) is 12.7 Å². The van der Waals surface area contributed by atoms with E-state index in [0.29, 0.717) is 24.0 Å². The van der Waals surface area contributed by atoms with Crippen LogP contribution in [0.2, 0.25) is 0 Å². The van der Waals surface area contributed by atoms with Gasteiger partial charge in [-0.1, -0.05) is 35.5 Å². The highest BCUT2D eigenvalue weighted by Gasteiger charge is 2.41. The van der Waals surface area contributed by atoms with E-state index in [4.69, 9.17) is 13.7 Å². The lowest BCUT2D eigenvalue weighted by Crippen LogP contribution is -2.43. The lowest BCUT2D eigenvalue weighted by atomic mass is 9.91. The summed E-state index contributed by atoms with van der Waals surface area (Å²) in [5.74, 6) is 2.85. The highest BCUT2D eigenvalue weighted by Crippen LogP contribution is 2.35. The predicted octanol–water partition coefficient (Wildman–Crippen LogP) is 3.09. The third-order valence-electron chi connectivity index (χ3n) is 5.17. The van der Waals surface area contributed by atoms with Crippen molar-refractivity contribution in [1.29, 1.82) is 0 Å². The second-order valence-corrected chi connectivity index (χ2v) is 7.00. The summed E-state index contributed by atoms with van der Waals surface area (Å²) in [6.07, 6.45) is 4.04. The molecular formula is C20H24N4O3. The van der Waals surface area contributed by atoms with Gasteiger partial charge in [-0.2, -0.15) is 4.98 Å². The van der Waals surface area contributed by atoms with E-state index >= 15 is 0 Å². The van der Waals surface area contributed by atoms with Crippen LogP contribution in [0.1, 0.15) is 41.8 Å². The molecule has 0 saturated carbocycles. The van der Waals surface area contributed by atoms with Crippen molar-refractivity contribution >= 4 is 0 Å². The molecule has 1 fully saturated rings. The molecule has 3 aromatic rings. The highest BCUT2D eigenvalue weighted by atomic mass is 16.5. The van der Waals surface area contributed by atoms with E-state index < -0.39 is 5.60 Å². The van der Waals surface area contributed by atoms with Crippen molar-refractivity contribution in [1.82, 2.24) is 20.0 Å². The van der Waals surface area contributed by atoms with Crippen molar-refractivity contribution in [3.05, 3.63) is 65.5 Å². The number of benzene rings is 1. The van der Waals surface area contributed by atoms with Gasteiger partial charge in [-0.25, -0.2) is 4.98 Å². The van der Waals surface area contributed by atoms with Gasteiger partial charge in [0.2, 0.25) is 0 Å². The Morgan fingerprint density at radius 3 is 2.63 bits per heavy atom. The van der Waals surface area contributed by atoms with Gasteiger partial charge in [0.15, 0.2) is 11.7 Å². The fourth-order valence-electron chi connectivity index (χ4n) is 3.57. The molecule has 0 atom stereocenters.